The maximum absolute atomic E-state index is 5.29. The molecule has 8 aromatic carbocycles. The molecule has 0 bridgehead atoms. The predicted octanol–water partition coefficient (Wildman–Crippen LogP) is 14.6. The molecule has 0 saturated carbocycles. The maximum atomic E-state index is 5.29. The Balaban J connectivity index is 0.871. The molecule has 0 aliphatic heterocycles. The van der Waals surface area contributed by atoms with Gasteiger partial charge < -0.3 is 9.13 Å². The van der Waals surface area contributed by atoms with E-state index in [1.165, 1.54) is 5.39 Å². The lowest BCUT2D eigenvalue weighted by atomic mass is 10.1. The Bertz CT molecular complexity index is 4250. The van der Waals surface area contributed by atoms with E-state index in [1.807, 2.05) is 61.1 Å². The van der Waals surface area contributed by atoms with E-state index in [-0.39, 0.29) is 0 Å². The quantitative estimate of drug-likeness (QED) is 0.159. The molecule has 14 rings (SSSR count). The Labute approximate surface area is 395 Å². The molecular weight excluding hydrogens is 845 g/mol. The monoisotopic (exact) mass is 882 g/mol. The van der Waals surface area contributed by atoms with Gasteiger partial charge in [-0.2, -0.15) is 0 Å². The Morgan fingerprint density at radius 1 is 0.290 bits per heavy atom. The first kappa shape index (κ1) is 38.7. The lowest BCUT2D eigenvalue weighted by Gasteiger charge is -2.12. The first-order valence-electron chi connectivity index (χ1n) is 23.1. The van der Waals surface area contributed by atoms with Gasteiger partial charge in [0, 0.05) is 66.8 Å². The van der Waals surface area contributed by atoms with Crippen LogP contribution in [0.1, 0.15) is 0 Å². The first-order chi connectivity index (χ1) is 34.2. The first-order valence-corrected chi connectivity index (χ1v) is 23.1. The van der Waals surface area contributed by atoms with E-state index in [0.717, 1.165) is 117 Å². The fourth-order valence-corrected chi connectivity index (χ4v) is 10.3. The highest BCUT2D eigenvalue weighted by molar-refractivity contribution is 6.13. The number of nitrogens with zero attached hydrogens (tertiary/aromatic N) is 8. The molecule has 0 spiro atoms. The van der Waals surface area contributed by atoms with Gasteiger partial charge in [-0.15, -0.1) is 0 Å². The van der Waals surface area contributed by atoms with Crippen LogP contribution in [0.5, 0.6) is 0 Å². The second-order valence-electron chi connectivity index (χ2n) is 17.4. The summed E-state index contributed by atoms with van der Waals surface area (Å²) in [5.74, 6) is 0.612. The number of fused-ring (bicyclic) bond motifs is 9. The predicted molar refractivity (Wildman–Crippen MR) is 280 cm³/mol. The molecule has 0 saturated heterocycles. The Hall–Kier alpha value is -9.53. The van der Waals surface area contributed by atoms with Gasteiger partial charge in [0.05, 0.1) is 73.8 Å². The van der Waals surface area contributed by atoms with E-state index in [9.17, 15) is 0 Å². The highest BCUT2D eigenvalue weighted by Gasteiger charge is 2.20. The van der Waals surface area contributed by atoms with Crippen molar-refractivity contribution >= 4 is 65.5 Å². The molecule has 14 aromatic rings. The SMILES string of the molecule is c1ccc(-c2cc(-c3ccccc3)nc(-n3c4ccccc4c4cc(-c5cncc(-c6ccc7c(c6)c6ccccc6n7-c6ccc7c(c6)c6ncccc6n7-c6ccccc6)n5)ccc43)n2)cc1. The van der Waals surface area contributed by atoms with Crippen molar-refractivity contribution < 1.29 is 0 Å². The third-order valence-corrected chi connectivity index (χ3v) is 13.4. The fraction of sp³-hybridized carbons (Fsp3) is 0. The smallest absolute Gasteiger partial charge is 0.235 e. The molecule has 8 heteroatoms. The number of rotatable bonds is 7. The highest BCUT2D eigenvalue weighted by Crippen LogP contribution is 2.39. The van der Waals surface area contributed by atoms with Crippen LogP contribution in [-0.2, 0) is 0 Å². The minimum Gasteiger partial charge on any atom is -0.309 e. The summed E-state index contributed by atoms with van der Waals surface area (Å²) >= 11 is 0. The summed E-state index contributed by atoms with van der Waals surface area (Å²) in [5.41, 5.74) is 17.0. The van der Waals surface area contributed by atoms with Crippen molar-refractivity contribution in [2.24, 2.45) is 0 Å². The molecule has 6 heterocycles. The average Bonchev–Trinajstić information content (AvgIpc) is 4.06. The van der Waals surface area contributed by atoms with Crippen molar-refractivity contribution in [1.29, 1.82) is 0 Å². The normalized spacial score (nSPS) is 11.8. The molecule has 0 aliphatic carbocycles. The van der Waals surface area contributed by atoms with E-state index in [1.54, 1.807) is 0 Å². The highest BCUT2D eigenvalue weighted by atomic mass is 15.2. The molecule has 0 amide bonds. The molecule has 0 unspecified atom stereocenters. The number of hydrogen-bond acceptors (Lipinski definition) is 5. The van der Waals surface area contributed by atoms with Crippen molar-refractivity contribution in [2.75, 3.05) is 0 Å². The summed E-state index contributed by atoms with van der Waals surface area (Å²) in [4.78, 5) is 25.4. The molecule has 322 valence electrons. The largest absolute Gasteiger partial charge is 0.309 e. The van der Waals surface area contributed by atoms with Crippen LogP contribution in [0.3, 0.4) is 0 Å². The van der Waals surface area contributed by atoms with E-state index in [4.69, 9.17) is 24.9 Å². The van der Waals surface area contributed by atoms with Gasteiger partial charge in [-0.05, 0) is 84.9 Å². The van der Waals surface area contributed by atoms with Crippen molar-refractivity contribution in [3.63, 3.8) is 0 Å². The molecule has 0 N–H and O–H groups in total. The van der Waals surface area contributed by atoms with Crippen LogP contribution in [-0.4, -0.2) is 38.6 Å². The van der Waals surface area contributed by atoms with Crippen LogP contribution >= 0.6 is 0 Å². The maximum Gasteiger partial charge on any atom is 0.235 e. The number of aromatic nitrogens is 8. The van der Waals surface area contributed by atoms with E-state index < -0.39 is 0 Å². The Kier molecular flexibility index (Phi) is 8.72. The van der Waals surface area contributed by atoms with Crippen LogP contribution < -0.4 is 0 Å². The number of benzene rings is 8. The summed E-state index contributed by atoms with van der Waals surface area (Å²) in [5, 5.41) is 5.60. The second-order valence-corrected chi connectivity index (χ2v) is 17.4. The molecule has 69 heavy (non-hydrogen) atoms. The lowest BCUT2D eigenvalue weighted by Crippen LogP contribution is -2.04. The van der Waals surface area contributed by atoms with Gasteiger partial charge in [-0.1, -0.05) is 127 Å². The molecule has 6 aromatic heterocycles. The van der Waals surface area contributed by atoms with Crippen LogP contribution in [0.2, 0.25) is 0 Å². The van der Waals surface area contributed by atoms with Crippen LogP contribution in [0.4, 0.5) is 0 Å². The van der Waals surface area contributed by atoms with Gasteiger partial charge in [0.2, 0.25) is 5.95 Å². The van der Waals surface area contributed by atoms with Crippen molar-refractivity contribution in [2.45, 2.75) is 0 Å². The van der Waals surface area contributed by atoms with Gasteiger partial charge in [0.25, 0.3) is 0 Å². The van der Waals surface area contributed by atoms with Gasteiger partial charge in [0.15, 0.2) is 0 Å². The number of pyridine rings is 1. The molecule has 0 fully saturated rings. The summed E-state index contributed by atoms with van der Waals surface area (Å²) in [6, 6.07) is 74.3. The van der Waals surface area contributed by atoms with Gasteiger partial charge in [-0.25, -0.2) is 15.0 Å². The van der Waals surface area contributed by atoms with E-state index >= 15 is 0 Å². The van der Waals surface area contributed by atoms with Gasteiger partial charge in [0.1, 0.15) is 0 Å². The second kappa shape index (κ2) is 15.5. The third kappa shape index (κ3) is 6.27. The molecule has 0 aliphatic rings. The Morgan fingerprint density at radius 3 is 1.42 bits per heavy atom. The van der Waals surface area contributed by atoms with Crippen LogP contribution in [0, 0.1) is 0 Å². The van der Waals surface area contributed by atoms with E-state index in [0.29, 0.717) is 5.95 Å². The standard InChI is InChI=1S/C61H38N8/c1-4-15-39(16-5-1)50-36-51(40-17-6-2-7-18-40)66-61(65-50)69-55-24-13-11-22-46(55)48-34-42(27-30-57(48)69)53-38-62-37-52(64-53)41-26-29-56-47(33-41)45-21-10-12-23-54(45)68(56)44-28-31-58-49(35-44)60-59(25-14-32-63-60)67(58)43-19-8-3-9-20-43/h1-38H. The zero-order valence-corrected chi connectivity index (χ0v) is 37.0. The Morgan fingerprint density at radius 2 is 0.783 bits per heavy atom. The number of para-hydroxylation sites is 3. The minimum absolute atomic E-state index is 0.612. The van der Waals surface area contributed by atoms with Gasteiger partial charge >= 0.3 is 0 Å². The molecule has 8 nitrogen and oxygen atoms in total. The summed E-state index contributed by atoms with van der Waals surface area (Å²) in [6.45, 7) is 0. The zero-order chi connectivity index (χ0) is 45.4. The minimum atomic E-state index is 0.612. The van der Waals surface area contributed by atoms with Crippen molar-refractivity contribution in [3.8, 4) is 62.4 Å². The summed E-state index contributed by atoms with van der Waals surface area (Å²) < 4.78 is 6.84. The van der Waals surface area contributed by atoms with Crippen molar-refractivity contribution in [1.82, 2.24) is 38.6 Å². The summed E-state index contributed by atoms with van der Waals surface area (Å²) in [6.07, 6.45) is 5.59. The van der Waals surface area contributed by atoms with Gasteiger partial charge in [-0.3, -0.25) is 14.5 Å². The summed E-state index contributed by atoms with van der Waals surface area (Å²) in [7, 11) is 0. The molecular formula is C61H38N8. The lowest BCUT2D eigenvalue weighted by molar-refractivity contribution is 0.995. The molecule has 0 atom stereocenters. The van der Waals surface area contributed by atoms with Crippen LogP contribution in [0.25, 0.3) is 128 Å². The number of hydrogen-bond donors (Lipinski definition) is 0. The fourth-order valence-electron chi connectivity index (χ4n) is 10.3. The third-order valence-electron chi connectivity index (χ3n) is 13.4. The van der Waals surface area contributed by atoms with Crippen LogP contribution in [0.15, 0.2) is 231 Å². The van der Waals surface area contributed by atoms with Crippen molar-refractivity contribution in [3.05, 3.63) is 231 Å². The molecule has 0 radical (unpaired) electrons. The zero-order valence-electron chi connectivity index (χ0n) is 37.0. The van der Waals surface area contributed by atoms with E-state index in [2.05, 4.69) is 184 Å². The average molecular weight is 883 g/mol. The topological polar surface area (TPSA) is 79.2 Å².